The number of hydrogen-bond donors (Lipinski definition) is 1. The summed E-state index contributed by atoms with van der Waals surface area (Å²) in [7, 11) is 0. The van der Waals surface area contributed by atoms with E-state index in [0.29, 0.717) is 6.04 Å². The van der Waals surface area contributed by atoms with Crippen LogP contribution in [0.2, 0.25) is 0 Å². The van der Waals surface area contributed by atoms with Crippen LogP contribution in [0.15, 0.2) is 24.3 Å². The highest BCUT2D eigenvalue weighted by Crippen LogP contribution is 2.21. The Hall–Kier alpha value is -1.22. The maximum Gasteiger partial charge on any atom is 0.149 e. The number of hydroxylamine groups is 2. The van der Waals surface area contributed by atoms with Gasteiger partial charge in [0.05, 0.1) is 0 Å². The molecule has 1 aliphatic heterocycles. The van der Waals surface area contributed by atoms with Gasteiger partial charge in [-0.15, -0.1) is 5.06 Å². The lowest BCUT2D eigenvalue weighted by Gasteiger charge is -2.32. The minimum absolute atomic E-state index is 0.500. The van der Waals surface area contributed by atoms with Crippen molar-refractivity contribution in [1.82, 2.24) is 5.06 Å². The van der Waals surface area contributed by atoms with Gasteiger partial charge < -0.3 is 10.6 Å². The molecule has 0 amide bonds. The number of piperidine rings is 1. The van der Waals surface area contributed by atoms with Crippen LogP contribution >= 0.6 is 0 Å². The van der Waals surface area contributed by atoms with E-state index in [1.54, 1.807) is 0 Å². The molecular weight excluding hydrogens is 188 g/mol. The molecule has 3 heteroatoms. The quantitative estimate of drug-likeness (QED) is 0.755. The molecule has 0 bridgehead atoms. The van der Waals surface area contributed by atoms with Crippen LogP contribution in [0.5, 0.6) is 5.75 Å². The van der Waals surface area contributed by atoms with Crippen molar-refractivity contribution in [2.24, 2.45) is 0 Å². The monoisotopic (exact) mass is 206 g/mol. The Morgan fingerprint density at radius 2 is 2.27 bits per heavy atom. The van der Waals surface area contributed by atoms with E-state index in [-0.39, 0.29) is 0 Å². The topological polar surface area (TPSA) is 38.5 Å². The van der Waals surface area contributed by atoms with Crippen molar-refractivity contribution in [1.29, 1.82) is 0 Å². The average molecular weight is 206 g/mol. The number of nitrogen functional groups attached to an aromatic ring is 1. The van der Waals surface area contributed by atoms with Crippen LogP contribution in [0.1, 0.15) is 26.2 Å². The van der Waals surface area contributed by atoms with Gasteiger partial charge in [-0.05, 0) is 31.9 Å². The van der Waals surface area contributed by atoms with Crippen molar-refractivity contribution in [3.63, 3.8) is 0 Å². The Kier molecular flexibility index (Phi) is 3.11. The summed E-state index contributed by atoms with van der Waals surface area (Å²) >= 11 is 0. The fourth-order valence-corrected chi connectivity index (χ4v) is 1.91. The second-order valence-corrected chi connectivity index (χ2v) is 4.15. The zero-order valence-electron chi connectivity index (χ0n) is 9.15. The van der Waals surface area contributed by atoms with E-state index in [4.69, 9.17) is 10.6 Å². The zero-order valence-corrected chi connectivity index (χ0v) is 9.15. The van der Waals surface area contributed by atoms with Gasteiger partial charge in [0.15, 0.2) is 0 Å². The van der Waals surface area contributed by atoms with Crippen LogP contribution in [0.3, 0.4) is 0 Å². The standard InChI is InChI=1S/C12H18N2O/c1-10-5-2-3-8-14(10)15-12-7-4-6-11(13)9-12/h4,6-7,9-10H,2-3,5,8,13H2,1H3. The smallest absolute Gasteiger partial charge is 0.149 e. The van der Waals surface area contributed by atoms with E-state index in [2.05, 4.69) is 12.0 Å². The highest BCUT2D eigenvalue weighted by atomic mass is 16.7. The van der Waals surface area contributed by atoms with Gasteiger partial charge in [-0.2, -0.15) is 0 Å². The van der Waals surface area contributed by atoms with Crippen LogP contribution in [0, 0.1) is 0 Å². The number of nitrogens with zero attached hydrogens (tertiary/aromatic N) is 1. The number of benzene rings is 1. The summed E-state index contributed by atoms with van der Waals surface area (Å²) in [5.74, 6) is 0.837. The average Bonchev–Trinajstić information content (AvgIpc) is 2.22. The van der Waals surface area contributed by atoms with Gasteiger partial charge in [0.1, 0.15) is 5.75 Å². The number of hydrogen-bond acceptors (Lipinski definition) is 3. The lowest BCUT2D eigenvalue weighted by Crippen LogP contribution is -2.39. The molecule has 1 aromatic carbocycles. The Balaban J connectivity index is 2.01. The van der Waals surface area contributed by atoms with E-state index in [1.807, 2.05) is 24.3 Å². The normalized spacial score (nSPS) is 22.6. The van der Waals surface area contributed by atoms with E-state index < -0.39 is 0 Å². The molecule has 3 nitrogen and oxygen atoms in total. The molecule has 0 saturated carbocycles. The van der Waals surface area contributed by atoms with E-state index in [0.717, 1.165) is 18.0 Å². The zero-order chi connectivity index (χ0) is 10.7. The van der Waals surface area contributed by atoms with Gasteiger partial charge in [-0.1, -0.05) is 12.5 Å². The maximum absolute atomic E-state index is 5.80. The highest BCUT2D eigenvalue weighted by Gasteiger charge is 2.19. The summed E-state index contributed by atoms with van der Waals surface area (Å²) in [6.07, 6.45) is 3.73. The van der Waals surface area contributed by atoms with Gasteiger partial charge in [0.25, 0.3) is 0 Å². The molecule has 1 saturated heterocycles. The maximum atomic E-state index is 5.80. The Morgan fingerprint density at radius 3 is 3.00 bits per heavy atom. The first-order valence-corrected chi connectivity index (χ1v) is 5.56. The Morgan fingerprint density at radius 1 is 1.40 bits per heavy atom. The minimum atomic E-state index is 0.500. The molecule has 15 heavy (non-hydrogen) atoms. The Bertz CT molecular complexity index is 327. The minimum Gasteiger partial charge on any atom is -0.406 e. The number of rotatable bonds is 2. The van der Waals surface area contributed by atoms with Crippen molar-refractivity contribution < 1.29 is 4.84 Å². The number of nitrogens with two attached hydrogens (primary N) is 1. The summed E-state index contributed by atoms with van der Waals surface area (Å²) in [5.41, 5.74) is 6.45. The molecule has 0 radical (unpaired) electrons. The van der Waals surface area contributed by atoms with Crippen LogP contribution < -0.4 is 10.6 Å². The molecule has 0 aromatic heterocycles. The van der Waals surface area contributed by atoms with Crippen molar-refractivity contribution in [3.05, 3.63) is 24.3 Å². The predicted molar refractivity (Wildman–Crippen MR) is 61.5 cm³/mol. The second-order valence-electron chi connectivity index (χ2n) is 4.15. The summed E-state index contributed by atoms with van der Waals surface area (Å²) in [6.45, 7) is 3.21. The van der Waals surface area contributed by atoms with E-state index in [9.17, 15) is 0 Å². The lowest BCUT2D eigenvalue weighted by atomic mass is 10.1. The van der Waals surface area contributed by atoms with Gasteiger partial charge >= 0.3 is 0 Å². The van der Waals surface area contributed by atoms with Gasteiger partial charge in [0, 0.05) is 24.3 Å². The van der Waals surface area contributed by atoms with Crippen molar-refractivity contribution in [2.75, 3.05) is 12.3 Å². The summed E-state index contributed by atoms with van der Waals surface area (Å²) in [6, 6.07) is 8.09. The molecule has 1 unspecified atom stereocenters. The molecule has 1 aliphatic rings. The van der Waals surface area contributed by atoms with Gasteiger partial charge in [0.2, 0.25) is 0 Å². The molecule has 0 spiro atoms. The molecular formula is C12H18N2O. The van der Waals surface area contributed by atoms with E-state index >= 15 is 0 Å². The first-order chi connectivity index (χ1) is 7.25. The fourth-order valence-electron chi connectivity index (χ4n) is 1.91. The summed E-state index contributed by atoms with van der Waals surface area (Å²) < 4.78 is 0. The van der Waals surface area contributed by atoms with Crippen molar-refractivity contribution in [3.8, 4) is 5.75 Å². The SMILES string of the molecule is CC1CCCCN1Oc1cccc(N)c1. The third-order valence-electron chi connectivity index (χ3n) is 2.82. The number of anilines is 1. The molecule has 2 rings (SSSR count). The molecule has 2 N–H and O–H groups in total. The molecule has 1 fully saturated rings. The van der Waals surface area contributed by atoms with Gasteiger partial charge in [-0.3, -0.25) is 0 Å². The van der Waals surface area contributed by atoms with Crippen LogP contribution in [0.4, 0.5) is 5.69 Å². The van der Waals surface area contributed by atoms with Crippen LogP contribution in [0.25, 0.3) is 0 Å². The summed E-state index contributed by atoms with van der Waals surface area (Å²) in [4.78, 5) is 5.80. The fraction of sp³-hybridized carbons (Fsp3) is 0.500. The van der Waals surface area contributed by atoms with Crippen molar-refractivity contribution >= 4 is 5.69 Å². The van der Waals surface area contributed by atoms with Crippen LogP contribution in [-0.2, 0) is 0 Å². The van der Waals surface area contributed by atoms with Gasteiger partial charge in [-0.25, -0.2) is 0 Å². The highest BCUT2D eigenvalue weighted by molar-refractivity contribution is 5.43. The third-order valence-corrected chi connectivity index (χ3v) is 2.82. The van der Waals surface area contributed by atoms with Crippen LogP contribution in [-0.4, -0.2) is 17.6 Å². The van der Waals surface area contributed by atoms with E-state index in [1.165, 1.54) is 19.3 Å². The van der Waals surface area contributed by atoms with Crippen molar-refractivity contribution in [2.45, 2.75) is 32.2 Å². The first-order valence-electron chi connectivity index (χ1n) is 5.56. The molecule has 1 aromatic rings. The lowest BCUT2D eigenvalue weighted by molar-refractivity contribution is -0.106. The summed E-state index contributed by atoms with van der Waals surface area (Å²) in [5, 5.41) is 2.05. The largest absolute Gasteiger partial charge is 0.406 e. The Labute approximate surface area is 90.8 Å². The molecule has 1 atom stereocenters. The first kappa shape index (κ1) is 10.3. The molecule has 1 heterocycles. The predicted octanol–water partition coefficient (Wildman–Crippen LogP) is 2.44. The second kappa shape index (κ2) is 4.53. The molecule has 82 valence electrons. The molecule has 0 aliphatic carbocycles. The third kappa shape index (κ3) is 2.63.